The lowest BCUT2D eigenvalue weighted by Crippen LogP contribution is -2.50. The zero-order valence-corrected chi connectivity index (χ0v) is 12.4. The second-order valence-corrected chi connectivity index (χ2v) is 6.95. The summed E-state index contributed by atoms with van der Waals surface area (Å²) in [5.74, 6) is 3.10. The van der Waals surface area contributed by atoms with Crippen LogP contribution < -0.4 is 0 Å². The number of morpholine rings is 1. The smallest absolute Gasteiger partial charge is 0.226 e. The molecule has 0 N–H and O–H groups in total. The number of hydrogen-bond acceptors (Lipinski definition) is 4. The van der Waals surface area contributed by atoms with Crippen LogP contribution in [-0.2, 0) is 9.53 Å². The van der Waals surface area contributed by atoms with Crippen LogP contribution in [0.1, 0.15) is 19.3 Å². The van der Waals surface area contributed by atoms with E-state index in [4.69, 9.17) is 4.74 Å². The number of thioether (sulfide) groups is 1. The van der Waals surface area contributed by atoms with Crippen LogP contribution in [0.25, 0.3) is 0 Å². The fourth-order valence-corrected chi connectivity index (χ4v) is 3.97. The van der Waals surface area contributed by atoms with E-state index in [0.717, 1.165) is 64.4 Å². The zero-order chi connectivity index (χ0) is 13.1. The standard InChI is InChI=1S/C14H24N2O2S/c17-14(12-2-3-12)16-4-1-9-19-11-13(16)10-15-5-7-18-8-6-15/h12-13H,1-11H2. The van der Waals surface area contributed by atoms with Gasteiger partial charge < -0.3 is 9.64 Å². The molecule has 1 aliphatic carbocycles. The summed E-state index contributed by atoms with van der Waals surface area (Å²) in [4.78, 5) is 17.1. The molecule has 3 rings (SSSR count). The average molecular weight is 284 g/mol. The molecule has 1 unspecified atom stereocenters. The van der Waals surface area contributed by atoms with Crippen molar-refractivity contribution in [2.45, 2.75) is 25.3 Å². The molecule has 108 valence electrons. The second kappa shape index (κ2) is 6.46. The van der Waals surface area contributed by atoms with Gasteiger partial charge in [0.1, 0.15) is 0 Å². The summed E-state index contributed by atoms with van der Waals surface area (Å²) >= 11 is 2.01. The summed E-state index contributed by atoms with van der Waals surface area (Å²) in [7, 11) is 0. The quantitative estimate of drug-likeness (QED) is 0.776. The Morgan fingerprint density at radius 2 is 2.00 bits per heavy atom. The van der Waals surface area contributed by atoms with Gasteiger partial charge in [0.2, 0.25) is 5.91 Å². The lowest BCUT2D eigenvalue weighted by Gasteiger charge is -2.35. The molecule has 1 saturated carbocycles. The first-order valence-electron chi connectivity index (χ1n) is 7.53. The van der Waals surface area contributed by atoms with Crippen LogP contribution in [0.3, 0.4) is 0 Å². The largest absolute Gasteiger partial charge is 0.379 e. The minimum atomic E-state index is 0.357. The minimum Gasteiger partial charge on any atom is -0.379 e. The molecular weight excluding hydrogens is 260 g/mol. The Bertz CT molecular complexity index is 317. The van der Waals surface area contributed by atoms with E-state index in [1.807, 2.05) is 11.8 Å². The molecule has 0 aromatic carbocycles. The third-order valence-electron chi connectivity index (χ3n) is 4.22. The Morgan fingerprint density at radius 3 is 2.74 bits per heavy atom. The van der Waals surface area contributed by atoms with Gasteiger partial charge in [-0.3, -0.25) is 9.69 Å². The predicted octanol–water partition coefficient (Wildman–Crippen LogP) is 1.06. The van der Waals surface area contributed by atoms with Gasteiger partial charge in [-0.2, -0.15) is 11.8 Å². The number of nitrogens with zero attached hydrogens (tertiary/aromatic N) is 2. The summed E-state index contributed by atoms with van der Waals surface area (Å²) in [5, 5.41) is 0. The Balaban J connectivity index is 1.61. The molecule has 5 heteroatoms. The van der Waals surface area contributed by atoms with E-state index in [0.29, 0.717) is 17.9 Å². The molecule has 2 heterocycles. The number of rotatable bonds is 3. The maximum absolute atomic E-state index is 12.4. The van der Waals surface area contributed by atoms with Crippen LogP contribution in [0.5, 0.6) is 0 Å². The lowest BCUT2D eigenvalue weighted by molar-refractivity contribution is -0.135. The van der Waals surface area contributed by atoms with Gasteiger partial charge in [0.05, 0.1) is 19.3 Å². The van der Waals surface area contributed by atoms with E-state index < -0.39 is 0 Å². The third-order valence-corrected chi connectivity index (χ3v) is 5.42. The highest BCUT2D eigenvalue weighted by Crippen LogP contribution is 2.33. The van der Waals surface area contributed by atoms with Crippen molar-refractivity contribution in [3.05, 3.63) is 0 Å². The van der Waals surface area contributed by atoms with E-state index in [2.05, 4.69) is 9.80 Å². The number of carbonyl (C=O) groups excluding carboxylic acids is 1. The molecule has 1 atom stereocenters. The lowest BCUT2D eigenvalue weighted by atomic mass is 10.2. The highest BCUT2D eigenvalue weighted by Gasteiger charge is 2.37. The minimum absolute atomic E-state index is 0.357. The molecule has 1 amide bonds. The van der Waals surface area contributed by atoms with E-state index in [9.17, 15) is 4.79 Å². The van der Waals surface area contributed by atoms with Crippen LogP contribution in [-0.4, -0.2) is 72.6 Å². The summed E-state index contributed by atoms with van der Waals surface area (Å²) in [6, 6.07) is 0.415. The molecule has 2 aliphatic heterocycles. The molecular formula is C14H24N2O2S. The third kappa shape index (κ3) is 3.64. The molecule has 0 aromatic heterocycles. The summed E-state index contributed by atoms with van der Waals surface area (Å²) in [6.45, 7) is 5.73. The van der Waals surface area contributed by atoms with Crippen molar-refractivity contribution in [2.75, 3.05) is 50.9 Å². The number of amides is 1. The SMILES string of the molecule is O=C(C1CC1)N1CCCSCC1CN1CCOCC1. The fourth-order valence-electron chi connectivity index (χ4n) is 2.92. The molecule has 3 fully saturated rings. The van der Waals surface area contributed by atoms with Gasteiger partial charge in [-0.25, -0.2) is 0 Å². The molecule has 4 nitrogen and oxygen atoms in total. The summed E-state index contributed by atoms with van der Waals surface area (Å²) in [6.07, 6.45) is 3.39. The van der Waals surface area contributed by atoms with E-state index in [-0.39, 0.29) is 0 Å². The van der Waals surface area contributed by atoms with Crippen molar-refractivity contribution in [1.29, 1.82) is 0 Å². The van der Waals surface area contributed by atoms with Gasteiger partial charge >= 0.3 is 0 Å². The van der Waals surface area contributed by atoms with Crippen LogP contribution in [0.4, 0.5) is 0 Å². The van der Waals surface area contributed by atoms with E-state index in [1.54, 1.807) is 0 Å². The molecule has 3 aliphatic rings. The van der Waals surface area contributed by atoms with Crippen LogP contribution in [0.15, 0.2) is 0 Å². The first kappa shape index (κ1) is 13.7. The van der Waals surface area contributed by atoms with Crippen molar-refractivity contribution in [3.63, 3.8) is 0 Å². The fraction of sp³-hybridized carbons (Fsp3) is 0.929. The highest BCUT2D eigenvalue weighted by molar-refractivity contribution is 7.99. The maximum atomic E-state index is 12.4. The maximum Gasteiger partial charge on any atom is 0.226 e. The molecule has 0 radical (unpaired) electrons. The first-order valence-corrected chi connectivity index (χ1v) is 8.68. The normalized spacial score (nSPS) is 30.1. The number of hydrogen-bond donors (Lipinski definition) is 0. The Morgan fingerprint density at radius 1 is 1.21 bits per heavy atom. The Hall–Kier alpha value is -0.260. The monoisotopic (exact) mass is 284 g/mol. The predicted molar refractivity (Wildman–Crippen MR) is 77.4 cm³/mol. The summed E-state index contributed by atoms with van der Waals surface area (Å²) in [5.41, 5.74) is 0. The van der Waals surface area contributed by atoms with Gasteiger partial charge in [-0.05, 0) is 25.0 Å². The van der Waals surface area contributed by atoms with Gasteiger partial charge in [0.15, 0.2) is 0 Å². The molecule has 2 saturated heterocycles. The van der Waals surface area contributed by atoms with Gasteiger partial charge in [-0.1, -0.05) is 0 Å². The summed E-state index contributed by atoms with van der Waals surface area (Å²) < 4.78 is 5.41. The van der Waals surface area contributed by atoms with Crippen LogP contribution >= 0.6 is 11.8 Å². The Labute approximate surface area is 119 Å². The van der Waals surface area contributed by atoms with Crippen molar-refractivity contribution >= 4 is 17.7 Å². The second-order valence-electron chi connectivity index (χ2n) is 5.80. The van der Waals surface area contributed by atoms with Gasteiger partial charge in [0.25, 0.3) is 0 Å². The van der Waals surface area contributed by atoms with E-state index in [1.165, 1.54) is 5.75 Å². The highest BCUT2D eigenvalue weighted by atomic mass is 32.2. The van der Waals surface area contributed by atoms with Crippen molar-refractivity contribution < 1.29 is 9.53 Å². The van der Waals surface area contributed by atoms with Crippen molar-refractivity contribution in [3.8, 4) is 0 Å². The average Bonchev–Trinajstić information content (AvgIpc) is 3.27. The first-order chi connectivity index (χ1) is 9.34. The molecule has 0 aromatic rings. The number of carbonyl (C=O) groups is 1. The van der Waals surface area contributed by atoms with Crippen LogP contribution in [0, 0.1) is 5.92 Å². The van der Waals surface area contributed by atoms with Crippen molar-refractivity contribution in [1.82, 2.24) is 9.80 Å². The molecule has 19 heavy (non-hydrogen) atoms. The van der Waals surface area contributed by atoms with Crippen molar-refractivity contribution in [2.24, 2.45) is 5.92 Å². The molecule has 0 bridgehead atoms. The van der Waals surface area contributed by atoms with Gasteiger partial charge in [-0.15, -0.1) is 0 Å². The van der Waals surface area contributed by atoms with Crippen LogP contribution in [0.2, 0.25) is 0 Å². The number of ether oxygens (including phenoxy) is 1. The van der Waals surface area contributed by atoms with Gasteiger partial charge in [0, 0.05) is 37.8 Å². The molecule has 0 spiro atoms. The Kier molecular flexibility index (Phi) is 4.66. The van der Waals surface area contributed by atoms with E-state index >= 15 is 0 Å². The topological polar surface area (TPSA) is 32.8 Å². The zero-order valence-electron chi connectivity index (χ0n) is 11.6.